The molecule has 1 heterocycles. The molecular weight excluding hydrogens is 246 g/mol. The fourth-order valence-corrected chi connectivity index (χ4v) is 2.42. The first-order chi connectivity index (χ1) is 9.18. The fourth-order valence-electron chi connectivity index (χ4n) is 2.42. The second-order valence-electron chi connectivity index (χ2n) is 4.74. The van der Waals surface area contributed by atoms with Gasteiger partial charge in [0.25, 0.3) is 0 Å². The molecule has 0 aromatic carbocycles. The Morgan fingerprint density at radius 2 is 2.21 bits per heavy atom. The van der Waals surface area contributed by atoms with Crippen molar-refractivity contribution < 1.29 is 9.53 Å². The highest BCUT2D eigenvalue weighted by Crippen LogP contribution is 2.23. The number of rotatable bonds is 7. The quantitative estimate of drug-likeness (QED) is 0.248. The third kappa shape index (κ3) is 4.38. The summed E-state index contributed by atoms with van der Waals surface area (Å²) < 4.78 is 4.94. The van der Waals surface area contributed by atoms with Crippen molar-refractivity contribution in [2.75, 3.05) is 39.8 Å². The maximum atomic E-state index is 12.0. The van der Waals surface area contributed by atoms with Gasteiger partial charge in [0.2, 0.25) is 0 Å². The number of methoxy groups -OCH3 is 1. The molecule has 0 spiro atoms. The molecule has 7 heteroatoms. The van der Waals surface area contributed by atoms with E-state index in [1.807, 2.05) is 0 Å². The van der Waals surface area contributed by atoms with E-state index in [0.717, 1.165) is 38.9 Å². The molecule has 1 N–H and O–H groups in total. The zero-order valence-corrected chi connectivity index (χ0v) is 11.8. The van der Waals surface area contributed by atoms with Crippen LogP contribution in [-0.2, 0) is 9.53 Å². The van der Waals surface area contributed by atoms with Gasteiger partial charge in [-0.15, -0.1) is 0 Å². The van der Waals surface area contributed by atoms with Crippen LogP contribution in [0.25, 0.3) is 10.4 Å². The smallest absolute Gasteiger partial charge is 0.326 e. The summed E-state index contributed by atoms with van der Waals surface area (Å²) in [5, 5.41) is 6.79. The Balaban J connectivity index is 2.52. The van der Waals surface area contributed by atoms with Crippen molar-refractivity contribution in [2.45, 2.75) is 31.7 Å². The highest BCUT2D eigenvalue weighted by molar-refractivity contribution is 5.81. The molecule has 0 bridgehead atoms. The maximum Gasteiger partial charge on any atom is 0.326 e. The number of likely N-dealkylation sites (tertiary alicyclic amines) is 1. The van der Waals surface area contributed by atoms with E-state index in [1.165, 1.54) is 7.11 Å². The number of ether oxygens (including phenoxy) is 1. The van der Waals surface area contributed by atoms with Crippen LogP contribution in [-0.4, -0.2) is 56.2 Å². The number of carbonyl (C=O) groups is 1. The third-order valence-corrected chi connectivity index (χ3v) is 3.69. The van der Waals surface area contributed by atoms with E-state index in [2.05, 4.69) is 27.2 Å². The Kier molecular flexibility index (Phi) is 6.62. The van der Waals surface area contributed by atoms with Crippen LogP contribution in [0.5, 0.6) is 0 Å². The highest BCUT2D eigenvalue weighted by Gasteiger charge is 2.41. The number of piperidine rings is 1. The fraction of sp³-hybridized carbons (Fsp3) is 0.917. The summed E-state index contributed by atoms with van der Waals surface area (Å²) in [7, 11) is 1.43. The van der Waals surface area contributed by atoms with Gasteiger partial charge in [-0.1, -0.05) is 12.0 Å². The first kappa shape index (κ1) is 15.8. The minimum absolute atomic E-state index is 0.188. The van der Waals surface area contributed by atoms with E-state index in [-0.39, 0.29) is 5.97 Å². The lowest BCUT2D eigenvalue weighted by atomic mass is 9.87. The molecule has 0 aliphatic carbocycles. The predicted molar refractivity (Wildman–Crippen MR) is 72.7 cm³/mol. The lowest BCUT2D eigenvalue weighted by Crippen LogP contribution is -2.59. The summed E-state index contributed by atoms with van der Waals surface area (Å²) >= 11 is 0. The van der Waals surface area contributed by atoms with Crippen molar-refractivity contribution >= 4 is 5.97 Å². The highest BCUT2D eigenvalue weighted by atomic mass is 16.5. The second-order valence-corrected chi connectivity index (χ2v) is 4.74. The number of hydrogen-bond donors (Lipinski definition) is 1. The topological polar surface area (TPSA) is 90.3 Å². The van der Waals surface area contributed by atoms with Gasteiger partial charge in [0.05, 0.1) is 7.11 Å². The van der Waals surface area contributed by atoms with Crippen LogP contribution in [0.1, 0.15) is 26.2 Å². The van der Waals surface area contributed by atoms with E-state index in [9.17, 15) is 4.79 Å². The Morgan fingerprint density at radius 1 is 1.53 bits per heavy atom. The molecule has 1 aliphatic rings. The van der Waals surface area contributed by atoms with Crippen molar-refractivity contribution in [3.8, 4) is 0 Å². The minimum atomic E-state index is -0.573. The Hall–Kier alpha value is -1.30. The van der Waals surface area contributed by atoms with Crippen molar-refractivity contribution in [3.63, 3.8) is 0 Å². The Labute approximate surface area is 113 Å². The number of esters is 1. The summed E-state index contributed by atoms with van der Waals surface area (Å²) in [5.74, 6) is -0.188. The molecule has 0 amide bonds. The normalized spacial score (nSPS) is 18.6. The van der Waals surface area contributed by atoms with Crippen LogP contribution >= 0.6 is 0 Å². The molecule has 7 nitrogen and oxygen atoms in total. The van der Waals surface area contributed by atoms with Gasteiger partial charge in [0.15, 0.2) is 0 Å². The molecule has 1 fully saturated rings. The molecule has 1 saturated heterocycles. The summed E-state index contributed by atoms with van der Waals surface area (Å²) in [6.07, 6.45) is 2.24. The number of nitrogens with zero attached hydrogens (tertiary/aromatic N) is 4. The molecule has 0 unspecified atom stereocenters. The van der Waals surface area contributed by atoms with Crippen molar-refractivity contribution in [1.82, 2.24) is 10.2 Å². The second kappa shape index (κ2) is 7.99. The largest absolute Gasteiger partial charge is 0.468 e. The van der Waals surface area contributed by atoms with Crippen molar-refractivity contribution in [2.24, 2.45) is 5.11 Å². The summed E-state index contributed by atoms with van der Waals surface area (Å²) in [5.41, 5.74) is 7.63. The number of azide groups is 1. The molecular formula is C12H23N5O2. The number of hydrogen-bond acceptors (Lipinski definition) is 5. The van der Waals surface area contributed by atoms with E-state index in [1.54, 1.807) is 0 Å². The molecule has 0 aromatic rings. The third-order valence-electron chi connectivity index (χ3n) is 3.69. The molecule has 0 atom stereocenters. The van der Waals surface area contributed by atoms with Gasteiger partial charge >= 0.3 is 5.97 Å². The SMILES string of the molecule is CCN1CCC(NCCCN=[N+]=[N-])(C(=O)OC)CC1. The molecule has 1 rings (SSSR count). The Bertz CT molecular complexity index is 333. The van der Waals surface area contributed by atoms with Gasteiger partial charge in [0, 0.05) is 24.5 Å². The zero-order chi connectivity index (χ0) is 14.1. The van der Waals surface area contributed by atoms with Gasteiger partial charge in [-0.2, -0.15) is 0 Å². The van der Waals surface area contributed by atoms with Crippen LogP contribution in [0.4, 0.5) is 0 Å². The standard InChI is InChI=1S/C12H23N5O2/c1-3-17-9-5-12(6-10-17,11(18)19-2)14-7-4-8-15-16-13/h14H,3-10H2,1-2H3. The number of carbonyl (C=O) groups excluding carboxylic acids is 1. The van der Waals surface area contributed by atoms with Crippen LogP contribution in [0.3, 0.4) is 0 Å². The average molecular weight is 269 g/mol. The first-order valence-electron chi connectivity index (χ1n) is 6.75. The zero-order valence-electron chi connectivity index (χ0n) is 11.8. The summed E-state index contributed by atoms with van der Waals surface area (Å²) in [6, 6.07) is 0. The van der Waals surface area contributed by atoms with Crippen LogP contribution in [0.15, 0.2) is 5.11 Å². The van der Waals surface area contributed by atoms with Gasteiger partial charge in [0.1, 0.15) is 5.54 Å². The van der Waals surface area contributed by atoms with Crippen molar-refractivity contribution in [1.29, 1.82) is 0 Å². The first-order valence-corrected chi connectivity index (χ1v) is 6.75. The maximum absolute atomic E-state index is 12.0. The molecule has 0 aromatic heterocycles. The lowest BCUT2D eigenvalue weighted by Gasteiger charge is -2.40. The van der Waals surface area contributed by atoms with Crippen LogP contribution < -0.4 is 5.32 Å². The minimum Gasteiger partial charge on any atom is -0.468 e. The molecule has 1 aliphatic heterocycles. The average Bonchev–Trinajstić information content (AvgIpc) is 2.46. The molecule has 19 heavy (non-hydrogen) atoms. The molecule has 0 radical (unpaired) electrons. The van der Waals surface area contributed by atoms with Crippen molar-refractivity contribution in [3.05, 3.63) is 10.4 Å². The van der Waals surface area contributed by atoms with E-state index < -0.39 is 5.54 Å². The number of nitrogens with one attached hydrogen (secondary N) is 1. The predicted octanol–water partition coefficient (Wildman–Crippen LogP) is 1.30. The van der Waals surface area contributed by atoms with E-state index in [0.29, 0.717) is 13.1 Å². The summed E-state index contributed by atoms with van der Waals surface area (Å²) in [6.45, 7) is 6.03. The van der Waals surface area contributed by atoms with Gasteiger partial charge in [-0.3, -0.25) is 4.79 Å². The van der Waals surface area contributed by atoms with Crippen LogP contribution in [0, 0.1) is 0 Å². The van der Waals surface area contributed by atoms with Gasteiger partial charge < -0.3 is 15.0 Å². The Morgan fingerprint density at radius 3 is 2.74 bits per heavy atom. The van der Waals surface area contributed by atoms with Gasteiger partial charge in [-0.05, 0) is 37.9 Å². The van der Waals surface area contributed by atoms with Crippen LogP contribution in [0.2, 0.25) is 0 Å². The summed E-state index contributed by atoms with van der Waals surface area (Å²) in [4.78, 5) is 17.0. The molecule has 0 saturated carbocycles. The molecule has 108 valence electrons. The lowest BCUT2D eigenvalue weighted by molar-refractivity contribution is -0.151. The van der Waals surface area contributed by atoms with E-state index >= 15 is 0 Å². The van der Waals surface area contributed by atoms with Gasteiger partial charge in [-0.25, -0.2) is 0 Å². The van der Waals surface area contributed by atoms with E-state index in [4.69, 9.17) is 10.3 Å². The monoisotopic (exact) mass is 269 g/mol.